The van der Waals surface area contributed by atoms with E-state index >= 15 is 0 Å². The summed E-state index contributed by atoms with van der Waals surface area (Å²) in [4.78, 5) is 16.3. The van der Waals surface area contributed by atoms with Gasteiger partial charge in [-0.25, -0.2) is 10.4 Å². The fourth-order valence-corrected chi connectivity index (χ4v) is 3.59. The number of benzene rings is 1. The largest absolute Gasteiger partial charge is 0.493 e. The van der Waals surface area contributed by atoms with Crippen LogP contribution >= 0.6 is 31.9 Å². The molecule has 0 unspecified atom stereocenters. The van der Waals surface area contributed by atoms with E-state index in [0.29, 0.717) is 37.3 Å². The zero-order chi connectivity index (χ0) is 23.0. The Morgan fingerprint density at radius 2 is 2.03 bits per heavy atom. The normalized spacial score (nSPS) is 10.6. The molecule has 1 aromatic heterocycles. The molecule has 0 atom stereocenters. The van der Waals surface area contributed by atoms with Gasteiger partial charge in [-0.3, -0.25) is 4.79 Å². The monoisotopic (exact) mass is 554 g/mol. The number of nitrogens with one attached hydrogen (secondary N) is 1. The minimum absolute atomic E-state index is 0.0539. The van der Waals surface area contributed by atoms with Crippen molar-refractivity contribution in [1.82, 2.24) is 10.4 Å². The first-order valence-corrected chi connectivity index (χ1v) is 10.4. The molecule has 1 heterocycles. The van der Waals surface area contributed by atoms with Gasteiger partial charge in [-0.2, -0.15) is 10.4 Å². The van der Waals surface area contributed by atoms with Crippen LogP contribution in [0.2, 0.25) is 0 Å². The lowest BCUT2D eigenvalue weighted by molar-refractivity contribution is -0.123. The van der Waals surface area contributed by atoms with E-state index in [9.17, 15) is 10.1 Å². The molecule has 1 amide bonds. The van der Waals surface area contributed by atoms with Crippen LogP contribution in [0.4, 0.5) is 0 Å². The third kappa shape index (κ3) is 6.16. The highest BCUT2D eigenvalue weighted by atomic mass is 79.9. The number of methoxy groups -OCH3 is 3. The molecular formula is C20H20Br2N4O5. The summed E-state index contributed by atoms with van der Waals surface area (Å²) in [6, 6.07) is 5.52. The summed E-state index contributed by atoms with van der Waals surface area (Å²) in [6.07, 6.45) is 1.45. The minimum atomic E-state index is -0.518. The number of nitrogens with zero attached hydrogens (tertiary/aromatic N) is 3. The lowest BCUT2D eigenvalue weighted by Crippen LogP contribution is -2.25. The molecule has 31 heavy (non-hydrogen) atoms. The quantitative estimate of drug-likeness (QED) is 0.372. The van der Waals surface area contributed by atoms with Gasteiger partial charge in [-0.1, -0.05) is 0 Å². The lowest BCUT2D eigenvalue weighted by atomic mass is 10.1. The SMILES string of the molecule is COCc1c(Br)c(C)nc(OCC(=O)NN=Cc2cc(Br)c(OC)c(OC)c2)c1C#N. The zero-order valence-corrected chi connectivity index (χ0v) is 20.5. The number of carbonyl (C=O) groups excluding carboxylic acids is 1. The van der Waals surface area contributed by atoms with E-state index in [1.165, 1.54) is 27.5 Å². The number of halogens is 2. The van der Waals surface area contributed by atoms with Crippen LogP contribution in [0, 0.1) is 18.3 Å². The second-order valence-corrected chi connectivity index (χ2v) is 7.68. The Labute approximate surface area is 196 Å². The van der Waals surface area contributed by atoms with Crippen LogP contribution in [-0.2, 0) is 16.1 Å². The molecule has 9 nitrogen and oxygen atoms in total. The average molecular weight is 556 g/mol. The smallest absolute Gasteiger partial charge is 0.278 e. The zero-order valence-electron chi connectivity index (χ0n) is 17.3. The molecular weight excluding hydrogens is 536 g/mol. The second-order valence-electron chi connectivity index (χ2n) is 6.03. The predicted octanol–water partition coefficient (Wildman–Crippen LogP) is 3.48. The number of carbonyl (C=O) groups is 1. The van der Waals surface area contributed by atoms with Crippen molar-refractivity contribution in [1.29, 1.82) is 5.26 Å². The number of rotatable bonds is 9. The van der Waals surface area contributed by atoms with E-state index in [2.05, 4.69) is 47.4 Å². The molecule has 1 aromatic carbocycles. The van der Waals surface area contributed by atoms with Gasteiger partial charge in [0.15, 0.2) is 18.1 Å². The first kappa shape index (κ1) is 24.6. The summed E-state index contributed by atoms with van der Waals surface area (Å²) in [5.74, 6) is 0.602. The summed E-state index contributed by atoms with van der Waals surface area (Å²) in [5.41, 5.74) is 4.45. The number of nitriles is 1. The number of pyridine rings is 1. The van der Waals surface area contributed by atoms with E-state index in [1.807, 2.05) is 6.07 Å². The lowest BCUT2D eigenvalue weighted by Gasteiger charge is -2.13. The number of aromatic nitrogens is 1. The molecule has 0 radical (unpaired) electrons. The van der Waals surface area contributed by atoms with Crippen molar-refractivity contribution in [3.63, 3.8) is 0 Å². The van der Waals surface area contributed by atoms with Gasteiger partial charge in [0, 0.05) is 17.1 Å². The maximum Gasteiger partial charge on any atom is 0.278 e. The molecule has 0 saturated carbocycles. The maximum atomic E-state index is 12.1. The van der Waals surface area contributed by atoms with Gasteiger partial charge < -0.3 is 18.9 Å². The number of hydrazone groups is 1. The first-order chi connectivity index (χ1) is 14.9. The second kappa shape index (κ2) is 11.6. The summed E-state index contributed by atoms with van der Waals surface area (Å²) in [6.45, 7) is 1.57. The molecule has 0 aliphatic carbocycles. The van der Waals surface area contributed by atoms with Crippen molar-refractivity contribution in [2.24, 2.45) is 5.10 Å². The third-order valence-electron chi connectivity index (χ3n) is 3.97. The Kier molecular flexibility index (Phi) is 9.23. The summed E-state index contributed by atoms with van der Waals surface area (Å²) in [7, 11) is 4.58. The predicted molar refractivity (Wildman–Crippen MR) is 121 cm³/mol. The molecule has 2 aromatic rings. The molecule has 1 N–H and O–H groups in total. The van der Waals surface area contributed by atoms with E-state index < -0.39 is 5.91 Å². The summed E-state index contributed by atoms with van der Waals surface area (Å²) in [5, 5.41) is 13.4. The Morgan fingerprint density at radius 1 is 1.29 bits per heavy atom. The topological polar surface area (TPSA) is 115 Å². The number of hydrogen-bond donors (Lipinski definition) is 1. The van der Waals surface area contributed by atoms with E-state index in [-0.39, 0.29) is 24.7 Å². The Morgan fingerprint density at radius 3 is 2.65 bits per heavy atom. The van der Waals surface area contributed by atoms with Crippen molar-refractivity contribution in [3.05, 3.63) is 43.5 Å². The van der Waals surface area contributed by atoms with Crippen LogP contribution in [0.3, 0.4) is 0 Å². The minimum Gasteiger partial charge on any atom is -0.493 e. The molecule has 0 aliphatic rings. The van der Waals surface area contributed by atoms with Crippen molar-refractivity contribution in [2.45, 2.75) is 13.5 Å². The van der Waals surface area contributed by atoms with Crippen LogP contribution in [0.25, 0.3) is 0 Å². The molecule has 0 spiro atoms. The van der Waals surface area contributed by atoms with Crippen LogP contribution in [-0.4, -0.2) is 45.0 Å². The standard InChI is InChI=1S/C20H20Br2N4O5/c1-11-18(22)14(9-28-2)13(7-23)20(25-11)31-10-17(27)26-24-8-12-5-15(21)19(30-4)16(6-12)29-3/h5-6,8H,9-10H2,1-4H3,(H,26,27). The number of amides is 1. The van der Waals surface area contributed by atoms with Gasteiger partial charge in [-0.15, -0.1) is 0 Å². The highest BCUT2D eigenvalue weighted by molar-refractivity contribution is 9.10. The molecule has 11 heteroatoms. The first-order valence-electron chi connectivity index (χ1n) is 8.80. The van der Waals surface area contributed by atoms with Crippen LogP contribution in [0.5, 0.6) is 17.4 Å². The molecule has 164 valence electrons. The molecule has 0 saturated heterocycles. The highest BCUT2D eigenvalue weighted by Gasteiger charge is 2.18. The van der Waals surface area contributed by atoms with E-state index in [4.69, 9.17) is 18.9 Å². The number of hydrogen-bond acceptors (Lipinski definition) is 8. The highest BCUT2D eigenvalue weighted by Crippen LogP contribution is 2.35. The van der Waals surface area contributed by atoms with Crippen molar-refractivity contribution in [3.8, 4) is 23.4 Å². The van der Waals surface area contributed by atoms with E-state index in [0.717, 1.165) is 0 Å². The molecule has 0 bridgehead atoms. The molecule has 0 aliphatic heterocycles. The summed E-state index contributed by atoms with van der Waals surface area (Å²) < 4.78 is 22.5. The van der Waals surface area contributed by atoms with Gasteiger partial charge in [0.05, 0.1) is 37.2 Å². The molecule has 2 rings (SSSR count). The van der Waals surface area contributed by atoms with Gasteiger partial charge in [0.2, 0.25) is 5.88 Å². The third-order valence-corrected chi connectivity index (χ3v) is 5.61. The van der Waals surface area contributed by atoms with Gasteiger partial charge >= 0.3 is 0 Å². The maximum absolute atomic E-state index is 12.1. The van der Waals surface area contributed by atoms with Crippen molar-refractivity contribution < 1.29 is 23.7 Å². The molecule has 0 fully saturated rings. The average Bonchev–Trinajstić information content (AvgIpc) is 2.75. The van der Waals surface area contributed by atoms with Crippen LogP contribution < -0.4 is 19.6 Å². The van der Waals surface area contributed by atoms with E-state index in [1.54, 1.807) is 19.1 Å². The fourth-order valence-electron chi connectivity index (χ4n) is 2.57. The Hall–Kier alpha value is -2.68. The summed E-state index contributed by atoms with van der Waals surface area (Å²) >= 11 is 6.79. The van der Waals surface area contributed by atoms with Crippen LogP contribution in [0.1, 0.15) is 22.4 Å². The Balaban J connectivity index is 2.07. The number of ether oxygens (including phenoxy) is 4. The van der Waals surface area contributed by atoms with Gasteiger partial charge in [0.1, 0.15) is 11.6 Å². The van der Waals surface area contributed by atoms with Crippen molar-refractivity contribution >= 4 is 44.0 Å². The fraction of sp³-hybridized carbons (Fsp3) is 0.300. The van der Waals surface area contributed by atoms with Gasteiger partial charge in [0.25, 0.3) is 5.91 Å². The Bertz CT molecular complexity index is 1040. The van der Waals surface area contributed by atoms with Crippen LogP contribution in [0.15, 0.2) is 26.2 Å². The van der Waals surface area contributed by atoms with Crippen molar-refractivity contribution in [2.75, 3.05) is 27.9 Å². The van der Waals surface area contributed by atoms with Gasteiger partial charge in [-0.05, 0) is 56.5 Å². The number of aryl methyl sites for hydroxylation is 1.